The lowest BCUT2D eigenvalue weighted by molar-refractivity contribution is -0.385. The molecule has 1 heterocycles. The molecule has 1 aliphatic rings. The number of rotatable bonds is 2. The van der Waals surface area contributed by atoms with Gasteiger partial charge in [-0.25, -0.2) is 0 Å². The highest BCUT2D eigenvalue weighted by molar-refractivity contribution is 6.07. The summed E-state index contributed by atoms with van der Waals surface area (Å²) in [5.41, 5.74) is 0.295. The van der Waals surface area contributed by atoms with Gasteiger partial charge in [-0.2, -0.15) is 0 Å². The van der Waals surface area contributed by atoms with Gasteiger partial charge in [0, 0.05) is 20.2 Å². The Labute approximate surface area is 121 Å². The number of nitrogens with zero attached hydrogens (tertiary/aromatic N) is 3. The highest BCUT2D eigenvalue weighted by Crippen LogP contribution is 2.25. The van der Waals surface area contributed by atoms with Crippen LogP contribution in [0.2, 0.25) is 0 Å². The number of piperazine rings is 1. The Morgan fingerprint density at radius 3 is 2.48 bits per heavy atom. The van der Waals surface area contributed by atoms with Gasteiger partial charge in [-0.3, -0.25) is 19.7 Å². The number of nitro groups is 1. The number of benzene rings is 1. The van der Waals surface area contributed by atoms with Crippen molar-refractivity contribution in [2.45, 2.75) is 13.0 Å². The van der Waals surface area contributed by atoms with Crippen LogP contribution >= 0.6 is 0 Å². The molecule has 7 nitrogen and oxygen atoms in total. The molecular formula is C14H15N3O4. The lowest BCUT2D eigenvalue weighted by atomic mass is 10.1. The molecule has 2 amide bonds. The van der Waals surface area contributed by atoms with Crippen LogP contribution in [0.4, 0.5) is 5.69 Å². The zero-order valence-corrected chi connectivity index (χ0v) is 11.9. The van der Waals surface area contributed by atoms with Crippen LogP contribution in [0.15, 0.2) is 30.0 Å². The number of hydrogen-bond donors (Lipinski definition) is 0. The van der Waals surface area contributed by atoms with Gasteiger partial charge >= 0.3 is 0 Å². The van der Waals surface area contributed by atoms with Crippen LogP contribution < -0.4 is 0 Å². The highest BCUT2D eigenvalue weighted by atomic mass is 16.6. The lowest BCUT2D eigenvalue weighted by Gasteiger charge is -2.36. The van der Waals surface area contributed by atoms with E-state index in [1.54, 1.807) is 19.1 Å². The molecule has 1 aromatic rings. The fraction of sp³-hybridized carbons (Fsp3) is 0.286. The second kappa shape index (κ2) is 5.35. The van der Waals surface area contributed by atoms with Crippen molar-refractivity contribution in [1.29, 1.82) is 0 Å². The fourth-order valence-corrected chi connectivity index (χ4v) is 2.15. The topological polar surface area (TPSA) is 83.8 Å². The predicted molar refractivity (Wildman–Crippen MR) is 76.1 cm³/mol. The second-order valence-corrected chi connectivity index (χ2v) is 4.83. The zero-order chi connectivity index (χ0) is 15.7. The van der Waals surface area contributed by atoms with Crippen molar-refractivity contribution in [2.75, 3.05) is 14.1 Å². The number of amides is 2. The molecular weight excluding hydrogens is 274 g/mol. The predicted octanol–water partition coefficient (Wildman–Crippen LogP) is 1.25. The zero-order valence-electron chi connectivity index (χ0n) is 11.9. The number of likely N-dealkylation sites (N-methyl/N-ethyl adjacent to an activating group) is 2. The summed E-state index contributed by atoms with van der Waals surface area (Å²) in [4.78, 5) is 37.4. The summed E-state index contributed by atoms with van der Waals surface area (Å²) in [6.07, 6.45) is 1.38. The largest absolute Gasteiger partial charge is 0.329 e. The van der Waals surface area contributed by atoms with Gasteiger partial charge in [0.25, 0.3) is 11.6 Å². The van der Waals surface area contributed by atoms with Gasteiger partial charge in [0.15, 0.2) is 0 Å². The van der Waals surface area contributed by atoms with E-state index < -0.39 is 11.0 Å². The molecule has 0 saturated carbocycles. The Balaban J connectivity index is 2.52. The van der Waals surface area contributed by atoms with E-state index in [-0.39, 0.29) is 28.8 Å². The third-order valence-corrected chi connectivity index (χ3v) is 3.60. The van der Waals surface area contributed by atoms with Gasteiger partial charge in [-0.05, 0) is 19.1 Å². The molecule has 1 fully saturated rings. The van der Waals surface area contributed by atoms with Crippen molar-refractivity contribution in [2.24, 2.45) is 0 Å². The van der Waals surface area contributed by atoms with Gasteiger partial charge < -0.3 is 9.80 Å². The molecule has 0 bridgehead atoms. The van der Waals surface area contributed by atoms with Crippen molar-refractivity contribution < 1.29 is 14.5 Å². The second-order valence-electron chi connectivity index (χ2n) is 4.83. The van der Waals surface area contributed by atoms with Crippen molar-refractivity contribution >= 4 is 23.6 Å². The number of nitro benzene ring substituents is 1. The van der Waals surface area contributed by atoms with E-state index in [0.29, 0.717) is 0 Å². The van der Waals surface area contributed by atoms with Crippen LogP contribution in [0, 0.1) is 10.1 Å². The van der Waals surface area contributed by atoms with Crippen LogP contribution in [0.5, 0.6) is 0 Å². The van der Waals surface area contributed by atoms with Gasteiger partial charge in [-0.1, -0.05) is 12.1 Å². The first-order chi connectivity index (χ1) is 9.84. The van der Waals surface area contributed by atoms with Gasteiger partial charge in [0.1, 0.15) is 11.7 Å². The molecule has 110 valence electrons. The van der Waals surface area contributed by atoms with Crippen LogP contribution in [0.1, 0.15) is 12.5 Å². The summed E-state index contributed by atoms with van der Waals surface area (Å²) < 4.78 is 0. The summed E-state index contributed by atoms with van der Waals surface area (Å²) in [7, 11) is 3.02. The molecule has 0 N–H and O–H groups in total. The Hall–Kier alpha value is -2.70. The first-order valence-corrected chi connectivity index (χ1v) is 6.34. The molecule has 2 rings (SSSR count). The molecule has 1 aliphatic heterocycles. The molecule has 0 aliphatic carbocycles. The summed E-state index contributed by atoms with van der Waals surface area (Å²) >= 11 is 0. The maximum Gasteiger partial charge on any atom is 0.276 e. The molecule has 0 aromatic heterocycles. The number of carbonyl (C=O) groups excluding carboxylic acids is 2. The first kappa shape index (κ1) is 14.7. The average Bonchev–Trinajstić information content (AvgIpc) is 2.48. The Bertz CT molecular complexity index is 653. The van der Waals surface area contributed by atoms with Crippen LogP contribution in [0.3, 0.4) is 0 Å². The highest BCUT2D eigenvalue weighted by Gasteiger charge is 2.36. The van der Waals surface area contributed by atoms with Crippen molar-refractivity contribution in [3.8, 4) is 0 Å². The van der Waals surface area contributed by atoms with E-state index in [1.165, 1.54) is 42.1 Å². The van der Waals surface area contributed by atoms with E-state index in [0.717, 1.165) is 0 Å². The molecule has 1 unspecified atom stereocenters. The number of carbonyl (C=O) groups is 2. The Morgan fingerprint density at radius 2 is 1.86 bits per heavy atom. The molecule has 1 saturated heterocycles. The number of para-hydroxylation sites is 1. The maximum atomic E-state index is 12.3. The van der Waals surface area contributed by atoms with E-state index in [9.17, 15) is 19.7 Å². The van der Waals surface area contributed by atoms with E-state index >= 15 is 0 Å². The van der Waals surface area contributed by atoms with Gasteiger partial charge in [-0.15, -0.1) is 0 Å². The quantitative estimate of drug-likeness (QED) is 0.466. The van der Waals surface area contributed by atoms with Crippen molar-refractivity contribution in [3.63, 3.8) is 0 Å². The summed E-state index contributed by atoms with van der Waals surface area (Å²) in [6.45, 7) is 1.64. The minimum Gasteiger partial charge on any atom is -0.329 e. The maximum absolute atomic E-state index is 12.3. The van der Waals surface area contributed by atoms with Crippen LogP contribution in [-0.2, 0) is 9.59 Å². The smallest absolute Gasteiger partial charge is 0.276 e. The Kier molecular flexibility index (Phi) is 3.75. The van der Waals surface area contributed by atoms with Crippen molar-refractivity contribution in [1.82, 2.24) is 9.80 Å². The normalized spacial score (nSPS) is 21.1. The number of hydrogen-bond acceptors (Lipinski definition) is 4. The van der Waals surface area contributed by atoms with Crippen LogP contribution in [-0.4, -0.2) is 46.7 Å². The standard InChI is InChI=1S/C14H15N3O4/c1-9-13(18)16(3)12(14(19)15(9)2)8-10-6-4-5-7-11(10)17(20)21/h4-9H,1-3H3. The SMILES string of the molecule is CC1C(=O)N(C)C(=Cc2ccccc2[N+](=O)[O-])C(=O)N1C. The lowest BCUT2D eigenvalue weighted by Crippen LogP contribution is -2.54. The van der Waals surface area contributed by atoms with Gasteiger partial charge in [0.05, 0.1) is 10.5 Å². The summed E-state index contributed by atoms with van der Waals surface area (Å²) in [6, 6.07) is 5.53. The van der Waals surface area contributed by atoms with E-state index in [1.807, 2.05) is 0 Å². The van der Waals surface area contributed by atoms with E-state index in [4.69, 9.17) is 0 Å². The third kappa shape index (κ3) is 2.49. The van der Waals surface area contributed by atoms with Crippen molar-refractivity contribution in [3.05, 3.63) is 45.6 Å². The molecule has 0 spiro atoms. The first-order valence-electron chi connectivity index (χ1n) is 6.34. The molecule has 1 atom stereocenters. The van der Waals surface area contributed by atoms with E-state index in [2.05, 4.69) is 0 Å². The summed E-state index contributed by atoms with van der Waals surface area (Å²) in [5.74, 6) is -0.579. The monoisotopic (exact) mass is 289 g/mol. The minimum absolute atomic E-state index is 0.111. The van der Waals surface area contributed by atoms with Gasteiger partial charge in [0.2, 0.25) is 5.91 Å². The minimum atomic E-state index is -0.551. The average molecular weight is 289 g/mol. The molecule has 7 heteroatoms. The molecule has 0 radical (unpaired) electrons. The third-order valence-electron chi connectivity index (χ3n) is 3.60. The Morgan fingerprint density at radius 1 is 1.24 bits per heavy atom. The fourth-order valence-electron chi connectivity index (χ4n) is 2.15. The summed E-state index contributed by atoms with van der Waals surface area (Å²) in [5, 5.41) is 11.0. The molecule has 21 heavy (non-hydrogen) atoms. The van der Waals surface area contributed by atoms with Crippen LogP contribution in [0.25, 0.3) is 6.08 Å². The molecule has 1 aromatic carbocycles.